The predicted molar refractivity (Wildman–Crippen MR) is 135 cm³/mol. The lowest BCUT2D eigenvalue weighted by atomic mass is 9.74. The van der Waals surface area contributed by atoms with Crippen LogP contribution in [0, 0.1) is 5.41 Å². The summed E-state index contributed by atoms with van der Waals surface area (Å²) < 4.78 is 8.59. The van der Waals surface area contributed by atoms with Gasteiger partial charge < -0.3 is 9.64 Å². The lowest BCUT2D eigenvalue weighted by Gasteiger charge is -2.40. The number of aryl methyl sites for hydroxylation is 1. The van der Waals surface area contributed by atoms with E-state index in [0.29, 0.717) is 18.8 Å². The minimum absolute atomic E-state index is 0.0514. The number of thiophene rings is 1. The second-order valence-electron chi connectivity index (χ2n) is 8.47. The SMILES string of the molecule is CCOC(=O)C1(CCCn2c(=O)ccc3cccnc32)CCN(CCSc2cccs2)CC1. The van der Waals surface area contributed by atoms with Crippen LogP contribution in [0.3, 0.4) is 0 Å². The van der Waals surface area contributed by atoms with Crippen LogP contribution in [0.25, 0.3) is 11.0 Å². The van der Waals surface area contributed by atoms with Gasteiger partial charge in [-0.15, -0.1) is 23.1 Å². The number of carbonyl (C=O) groups excluding carboxylic acids is 1. The van der Waals surface area contributed by atoms with E-state index in [1.807, 2.05) is 36.9 Å². The van der Waals surface area contributed by atoms with E-state index in [0.717, 1.165) is 56.5 Å². The molecule has 0 N–H and O–H groups in total. The molecule has 0 bridgehead atoms. The van der Waals surface area contributed by atoms with Crippen molar-refractivity contribution in [3.8, 4) is 0 Å². The molecule has 4 heterocycles. The van der Waals surface area contributed by atoms with Crippen molar-refractivity contribution in [1.29, 1.82) is 0 Å². The Balaban J connectivity index is 1.36. The first kappa shape index (κ1) is 24.0. The zero-order chi connectivity index (χ0) is 23.1. The van der Waals surface area contributed by atoms with Gasteiger partial charge in [-0.25, -0.2) is 4.98 Å². The molecule has 4 rings (SSSR count). The van der Waals surface area contributed by atoms with Gasteiger partial charge in [0.05, 0.1) is 16.2 Å². The first-order valence-corrected chi connectivity index (χ1v) is 13.5. The van der Waals surface area contributed by atoms with E-state index in [2.05, 4.69) is 27.4 Å². The highest BCUT2D eigenvalue weighted by molar-refractivity contribution is 8.01. The van der Waals surface area contributed by atoms with Gasteiger partial charge in [0.25, 0.3) is 5.56 Å². The van der Waals surface area contributed by atoms with Crippen molar-refractivity contribution in [3.63, 3.8) is 0 Å². The fourth-order valence-electron chi connectivity index (χ4n) is 4.58. The molecule has 176 valence electrons. The average molecular weight is 486 g/mol. The molecule has 0 spiro atoms. The van der Waals surface area contributed by atoms with Crippen molar-refractivity contribution < 1.29 is 9.53 Å². The number of pyridine rings is 2. The zero-order valence-corrected chi connectivity index (χ0v) is 20.7. The first-order chi connectivity index (χ1) is 16.1. The van der Waals surface area contributed by atoms with Crippen LogP contribution >= 0.6 is 23.1 Å². The Labute approximate surface area is 203 Å². The molecule has 0 saturated carbocycles. The second-order valence-corrected chi connectivity index (χ2v) is 10.8. The molecule has 0 amide bonds. The molecule has 0 aliphatic carbocycles. The van der Waals surface area contributed by atoms with Crippen LogP contribution in [0.15, 0.2) is 57.0 Å². The number of nitrogens with zero attached hydrogens (tertiary/aromatic N) is 3. The number of rotatable bonds is 10. The van der Waals surface area contributed by atoms with Crippen LogP contribution in [0.4, 0.5) is 0 Å². The Kier molecular flexibility index (Phi) is 8.22. The van der Waals surface area contributed by atoms with E-state index in [-0.39, 0.29) is 11.5 Å². The summed E-state index contributed by atoms with van der Waals surface area (Å²) in [5, 5.41) is 3.06. The molecule has 3 aromatic rings. The molecule has 1 saturated heterocycles. The summed E-state index contributed by atoms with van der Waals surface area (Å²) in [6.45, 7) is 5.64. The van der Waals surface area contributed by atoms with Crippen molar-refractivity contribution in [2.45, 2.75) is 43.4 Å². The van der Waals surface area contributed by atoms with Crippen molar-refractivity contribution in [2.75, 3.05) is 32.0 Å². The number of hydrogen-bond donors (Lipinski definition) is 0. The van der Waals surface area contributed by atoms with Crippen LogP contribution in [0.1, 0.15) is 32.6 Å². The Bertz CT molecular complexity index is 1110. The minimum Gasteiger partial charge on any atom is -0.466 e. The van der Waals surface area contributed by atoms with E-state index in [4.69, 9.17) is 4.74 Å². The fourth-order valence-corrected chi connectivity index (χ4v) is 6.44. The Hall–Kier alpha value is -2.16. The van der Waals surface area contributed by atoms with E-state index in [1.54, 1.807) is 28.2 Å². The number of esters is 1. The van der Waals surface area contributed by atoms with Crippen LogP contribution in [-0.4, -0.2) is 52.4 Å². The topological polar surface area (TPSA) is 64.4 Å². The molecular formula is C25H31N3O3S2. The fraction of sp³-hybridized carbons (Fsp3) is 0.480. The number of piperidine rings is 1. The molecule has 3 aromatic heterocycles. The summed E-state index contributed by atoms with van der Waals surface area (Å²) in [7, 11) is 0. The minimum atomic E-state index is -0.463. The van der Waals surface area contributed by atoms with Gasteiger partial charge in [0.1, 0.15) is 5.65 Å². The number of ether oxygens (including phenoxy) is 1. The lowest BCUT2D eigenvalue weighted by Crippen LogP contribution is -2.46. The predicted octanol–water partition coefficient (Wildman–Crippen LogP) is 4.68. The summed E-state index contributed by atoms with van der Waals surface area (Å²) >= 11 is 3.68. The van der Waals surface area contributed by atoms with Crippen molar-refractivity contribution >= 4 is 40.1 Å². The van der Waals surface area contributed by atoms with Gasteiger partial charge in [0.2, 0.25) is 0 Å². The highest BCUT2D eigenvalue weighted by atomic mass is 32.2. The maximum absolute atomic E-state index is 13.0. The standard InChI is InChI=1S/C25H31N3O3S2/c1-2-31-24(30)25(11-15-27(16-12-25)17-19-33-22-7-4-18-32-22)10-5-14-28-21(29)9-8-20-6-3-13-26-23(20)28/h3-4,6-9,13,18H,2,5,10-12,14-17,19H2,1H3. The van der Waals surface area contributed by atoms with Crippen molar-refractivity contribution in [1.82, 2.24) is 14.5 Å². The number of aromatic nitrogens is 2. The largest absolute Gasteiger partial charge is 0.466 e. The molecule has 8 heteroatoms. The summed E-state index contributed by atoms with van der Waals surface area (Å²) in [4.78, 5) is 32.3. The summed E-state index contributed by atoms with van der Waals surface area (Å²) in [5.74, 6) is 0.977. The van der Waals surface area contributed by atoms with E-state index >= 15 is 0 Å². The normalized spacial score (nSPS) is 16.2. The molecule has 6 nitrogen and oxygen atoms in total. The zero-order valence-electron chi connectivity index (χ0n) is 19.1. The Morgan fingerprint density at radius 2 is 2.03 bits per heavy atom. The quantitative estimate of drug-likeness (QED) is 0.307. The van der Waals surface area contributed by atoms with Gasteiger partial charge >= 0.3 is 5.97 Å². The number of thioether (sulfide) groups is 1. The van der Waals surface area contributed by atoms with Crippen LogP contribution < -0.4 is 5.56 Å². The molecule has 1 aliphatic heterocycles. The van der Waals surface area contributed by atoms with Crippen LogP contribution in [0.5, 0.6) is 0 Å². The molecule has 1 fully saturated rings. The maximum Gasteiger partial charge on any atom is 0.312 e. The molecule has 1 aliphatic rings. The number of hydrogen-bond acceptors (Lipinski definition) is 7. The molecule has 0 radical (unpaired) electrons. The third-order valence-corrected chi connectivity index (χ3v) is 8.56. The summed E-state index contributed by atoms with van der Waals surface area (Å²) in [6, 6.07) is 11.5. The van der Waals surface area contributed by atoms with Crippen molar-refractivity contribution in [2.24, 2.45) is 5.41 Å². The molecular weight excluding hydrogens is 454 g/mol. The summed E-state index contributed by atoms with van der Waals surface area (Å²) in [6.07, 6.45) is 4.78. The van der Waals surface area contributed by atoms with Crippen LogP contribution in [-0.2, 0) is 16.1 Å². The summed E-state index contributed by atoms with van der Waals surface area (Å²) in [5.41, 5.74) is 0.187. The number of carbonyl (C=O) groups is 1. The molecule has 0 unspecified atom stereocenters. The lowest BCUT2D eigenvalue weighted by molar-refractivity contribution is -0.159. The number of likely N-dealkylation sites (tertiary alicyclic amines) is 1. The number of fused-ring (bicyclic) bond motifs is 1. The van der Waals surface area contributed by atoms with E-state index < -0.39 is 5.41 Å². The average Bonchev–Trinajstić information content (AvgIpc) is 3.35. The smallest absolute Gasteiger partial charge is 0.312 e. The molecule has 33 heavy (non-hydrogen) atoms. The third kappa shape index (κ3) is 5.86. The van der Waals surface area contributed by atoms with Crippen molar-refractivity contribution in [3.05, 3.63) is 58.3 Å². The van der Waals surface area contributed by atoms with Gasteiger partial charge in [0.15, 0.2) is 0 Å². The van der Waals surface area contributed by atoms with E-state index in [9.17, 15) is 9.59 Å². The third-order valence-electron chi connectivity index (χ3n) is 6.45. The molecule has 0 atom stereocenters. The maximum atomic E-state index is 13.0. The van der Waals surface area contributed by atoms with E-state index in [1.165, 1.54) is 4.21 Å². The van der Waals surface area contributed by atoms with Gasteiger partial charge in [-0.3, -0.25) is 14.2 Å². The monoisotopic (exact) mass is 485 g/mol. The van der Waals surface area contributed by atoms with Gasteiger partial charge in [-0.2, -0.15) is 0 Å². The Morgan fingerprint density at radius 1 is 1.18 bits per heavy atom. The van der Waals surface area contributed by atoms with Gasteiger partial charge in [-0.1, -0.05) is 6.07 Å². The highest BCUT2D eigenvalue weighted by Gasteiger charge is 2.42. The first-order valence-electron chi connectivity index (χ1n) is 11.6. The van der Waals surface area contributed by atoms with Crippen LogP contribution in [0.2, 0.25) is 0 Å². The molecule has 0 aromatic carbocycles. The second kappa shape index (κ2) is 11.3. The highest BCUT2D eigenvalue weighted by Crippen LogP contribution is 2.38. The van der Waals surface area contributed by atoms with Gasteiger partial charge in [-0.05, 0) is 75.3 Å². The van der Waals surface area contributed by atoms with Gasteiger partial charge in [0, 0.05) is 36.5 Å². The Morgan fingerprint density at radius 3 is 2.79 bits per heavy atom.